The monoisotopic (exact) mass is 929 g/mol. The maximum Gasteiger partial charge on any atom is 0.256 e. The predicted octanol–water partition coefficient (Wildman–Crippen LogP) is 16.7. The van der Waals surface area contributed by atoms with Crippen LogP contribution in [0.4, 0.5) is 34.1 Å². The summed E-state index contributed by atoms with van der Waals surface area (Å²) in [6.45, 7) is 32.5. The van der Waals surface area contributed by atoms with Gasteiger partial charge in [-0.1, -0.05) is 200 Å². The molecule has 1 aliphatic carbocycles. The molecule has 0 unspecified atom stereocenters. The van der Waals surface area contributed by atoms with Gasteiger partial charge in [0.2, 0.25) is 0 Å². The number of fused-ring (bicyclic) bond motifs is 7. The van der Waals surface area contributed by atoms with Crippen molar-refractivity contribution < 1.29 is 4.74 Å². The van der Waals surface area contributed by atoms with Gasteiger partial charge in [0.1, 0.15) is 11.5 Å². The summed E-state index contributed by atoms with van der Waals surface area (Å²) in [6.07, 6.45) is 0. The van der Waals surface area contributed by atoms with Crippen molar-refractivity contribution in [2.45, 2.75) is 124 Å². The first-order valence-electron chi connectivity index (χ1n) is 25.8. The van der Waals surface area contributed by atoms with Gasteiger partial charge in [0.15, 0.2) is 0 Å². The smallest absolute Gasteiger partial charge is 0.256 e. The van der Waals surface area contributed by atoms with Gasteiger partial charge in [-0.05, 0) is 149 Å². The highest BCUT2D eigenvalue weighted by atomic mass is 16.5. The molecule has 11 rings (SSSR count). The lowest BCUT2D eigenvalue weighted by molar-refractivity contribution is 0.486. The summed E-state index contributed by atoms with van der Waals surface area (Å²) in [7, 11) is 0. The standard InChI is InChI=1S/C67H69BN2O/c1-63(2,3)44-24-30-48(31-25-44)69(49-32-26-45(27-33-49)64(4,5)6)50-40-53-61(51-22-18-19-23-52(51)67(53,13)14)57(41-50)70-56-34-28-46(65(7,8)9)38-54(56)68-55-39-47(66(10,11)12)29-35-59(55)71-60-37-43(36-58(70)62(60)68)42-20-16-15-17-21-42/h15-41H,1-14H3. The van der Waals surface area contributed by atoms with E-state index in [2.05, 4.69) is 271 Å². The van der Waals surface area contributed by atoms with Crippen molar-refractivity contribution in [3.05, 3.63) is 197 Å². The molecular formula is C67H69BN2O. The van der Waals surface area contributed by atoms with Gasteiger partial charge in [-0.15, -0.1) is 0 Å². The fourth-order valence-corrected chi connectivity index (χ4v) is 11.5. The summed E-state index contributed by atoms with van der Waals surface area (Å²) in [5.74, 6) is 1.84. The van der Waals surface area contributed by atoms with Gasteiger partial charge in [-0.2, -0.15) is 0 Å². The van der Waals surface area contributed by atoms with Gasteiger partial charge >= 0.3 is 0 Å². The first kappa shape index (κ1) is 46.6. The van der Waals surface area contributed by atoms with Gasteiger partial charge in [-0.3, -0.25) is 0 Å². The van der Waals surface area contributed by atoms with E-state index >= 15 is 0 Å². The molecule has 4 heteroatoms. The van der Waals surface area contributed by atoms with Crippen molar-refractivity contribution in [2.75, 3.05) is 9.80 Å². The lowest BCUT2D eigenvalue weighted by Gasteiger charge is -2.42. The summed E-state index contributed by atoms with van der Waals surface area (Å²) in [4.78, 5) is 5.11. The third kappa shape index (κ3) is 7.81. The Morgan fingerprint density at radius 3 is 1.55 bits per heavy atom. The average molecular weight is 929 g/mol. The van der Waals surface area contributed by atoms with Crippen LogP contribution in [-0.2, 0) is 27.1 Å². The number of hydrogen-bond donors (Lipinski definition) is 0. The Labute approximate surface area is 424 Å². The van der Waals surface area contributed by atoms with E-state index in [1.807, 2.05) is 0 Å². The Morgan fingerprint density at radius 2 is 0.958 bits per heavy atom. The molecule has 0 fully saturated rings. The molecule has 0 bridgehead atoms. The zero-order valence-corrected chi connectivity index (χ0v) is 44.5. The van der Waals surface area contributed by atoms with E-state index in [9.17, 15) is 0 Å². The Hall–Kier alpha value is -6.78. The molecule has 8 aromatic rings. The topological polar surface area (TPSA) is 15.7 Å². The number of ether oxygens (including phenoxy) is 1. The molecule has 3 nitrogen and oxygen atoms in total. The van der Waals surface area contributed by atoms with Gasteiger partial charge in [0.25, 0.3) is 6.71 Å². The van der Waals surface area contributed by atoms with E-state index in [-0.39, 0.29) is 33.8 Å². The molecule has 2 heterocycles. The highest BCUT2D eigenvalue weighted by molar-refractivity contribution is 6.99. The highest BCUT2D eigenvalue weighted by Gasteiger charge is 2.46. The zero-order chi connectivity index (χ0) is 50.2. The van der Waals surface area contributed by atoms with Crippen LogP contribution in [0.15, 0.2) is 164 Å². The van der Waals surface area contributed by atoms with Gasteiger partial charge in [0.05, 0.1) is 5.69 Å². The molecule has 0 amide bonds. The van der Waals surface area contributed by atoms with Crippen LogP contribution < -0.4 is 30.9 Å². The van der Waals surface area contributed by atoms with E-state index in [1.54, 1.807) is 0 Å². The van der Waals surface area contributed by atoms with Crippen LogP contribution >= 0.6 is 0 Å². The molecule has 0 saturated heterocycles. The Kier molecular flexibility index (Phi) is 10.6. The van der Waals surface area contributed by atoms with Crippen molar-refractivity contribution in [3.8, 4) is 33.8 Å². The fourth-order valence-electron chi connectivity index (χ4n) is 11.5. The first-order chi connectivity index (χ1) is 33.5. The molecule has 2 aliphatic heterocycles. The Bertz CT molecular complexity index is 3330. The van der Waals surface area contributed by atoms with E-state index in [0.717, 1.165) is 51.1 Å². The van der Waals surface area contributed by atoms with Crippen LogP contribution in [0.3, 0.4) is 0 Å². The van der Waals surface area contributed by atoms with Crippen molar-refractivity contribution in [3.63, 3.8) is 0 Å². The molecule has 71 heavy (non-hydrogen) atoms. The van der Waals surface area contributed by atoms with Crippen LogP contribution in [0.1, 0.15) is 130 Å². The van der Waals surface area contributed by atoms with Crippen molar-refractivity contribution >= 4 is 57.2 Å². The van der Waals surface area contributed by atoms with Crippen molar-refractivity contribution in [2.24, 2.45) is 0 Å². The van der Waals surface area contributed by atoms with E-state index in [4.69, 9.17) is 4.74 Å². The molecule has 8 aromatic carbocycles. The maximum absolute atomic E-state index is 7.24. The Morgan fingerprint density at radius 1 is 0.423 bits per heavy atom. The molecule has 0 N–H and O–H groups in total. The number of anilines is 6. The second-order valence-corrected chi connectivity index (χ2v) is 25.2. The summed E-state index contributed by atoms with van der Waals surface area (Å²) in [5, 5.41) is 0. The normalized spacial score (nSPS) is 14.5. The SMILES string of the molecule is CC(C)(C)c1ccc(N(c2ccc(C(C)(C)C)cc2)c2cc(N3c4ccc(C(C)(C)C)cc4B4c5cc(C(C)(C)C)ccc5Oc5cc(-c6ccccc6)cc3c54)c3c(c2)C(C)(C)c2ccccc2-3)cc1. The molecule has 3 aliphatic rings. The number of hydrogen-bond acceptors (Lipinski definition) is 3. The second-order valence-electron chi connectivity index (χ2n) is 25.2. The second kappa shape index (κ2) is 16.1. The van der Waals surface area contributed by atoms with Crippen LogP contribution in [0.25, 0.3) is 22.3 Å². The maximum atomic E-state index is 7.24. The van der Waals surface area contributed by atoms with Gasteiger partial charge in [-0.25, -0.2) is 0 Å². The number of benzene rings is 8. The quantitative estimate of drug-likeness (QED) is 0.160. The van der Waals surface area contributed by atoms with E-state index < -0.39 is 0 Å². The predicted molar refractivity (Wildman–Crippen MR) is 305 cm³/mol. The minimum atomic E-state index is -0.289. The lowest BCUT2D eigenvalue weighted by atomic mass is 9.33. The molecule has 0 radical (unpaired) electrons. The van der Waals surface area contributed by atoms with Crippen molar-refractivity contribution in [1.82, 2.24) is 0 Å². The minimum absolute atomic E-state index is 0.0204. The molecule has 0 saturated carbocycles. The summed E-state index contributed by atoms with van der Waals surface area (Å²) >= 11 is 0. The largest absolute Gasteiger partial charge is 0.458 e. The summed E-state index contributed by atoms with van der Waals surface area (Å²) in [6, 6.07) is 62.5. The summed E-state index contributed by atoms with van der Waals surface area (Å²) in [5.41, 5.74) is 23.0. The zero-order valence-electron chi connectivity index (χ0n) is 44.5. The molecule has 0 spiro atoms. The molecule has 356 valence electrons. The fraction of sp³-hybridized carbons (Fsp3) is 0.284. The number of nitrogens with zero attached hydrogens (tertiary/aromatic N) is 2. The lowest BCUT2D eigenvalue weighted by Crippen LogP contribution is -2.60. The Balaban J connectivity index is 1.26. The first-order valence-corrected chi connectivity index (χ1v) is 25.8. The van der Waals surface area contributed by atoms with Crippen LogP contribution in [0.2, 0.25) is 0 Å². The minimum Gasteiger partial charge on any atom is -0.458 e. The van der Waals surface area contributed by atoms with Crippen LogP contribution in [0, 0.1) is 0 Å². The van der Waals surface area contributed by atoms with E-state index in [0.29, 0.717) is 0 Å². The van der Waals surface area contributed by atoms with E-state index in [1.165, 1.54) is 66.6 Å². The molecular weight excluding hydrogens is 860 g/mol. The van der Waals surface area contributed by atoms with Gasteiger partial charge < -0.3 is 14.5 Å². The number of rotatable bonds is 5. The van der Waals surface area contributed by atoms with Crippen LogP contribution in [0.5, 0.6) is 11.5 Å². The van der Waals surface area contributed by atoms with Gasteiger partial charge in [0, 0.05) is 39.4 Å². The highest BCUT2D eigenvalue weighted by Crippen LogP contribution is 2.57. The molecule has 0 atom stereocenters. The average Bonchev–Trinajstić information content (AvgIpc) is 3.56. The third-order valence-electron chi connectivity index (χ3n) is 15.7. The van der Waals surface area contributed by atoms with Crippen LogP contribution in [-0.4, -0.2) is 6.71 Å². The van der Waals surface area contributed by atoms with Crippen molar-refractivity contribution in [1.29, 1.82) is 0 Å². The third-order valence-corrected chi connectivity index (χ3v) is 15.7. The molecule has 0 aromatic heterocycles. The summed E-state index contributed by atoms with van der Waals surface area (Å²) < 4.78 is 7.24.